The topological polar surface area (TPSA) is 83.6 Å². The fourth-order valence-electron chi connectivity index (χ4n) is 2.66. The number of carbonyl (C=O) groups is 1. The fraction of sp³-hybridized carbons (Fsp3) is 0.588. The SMILES string of the molecule is NC(=NCCCN1CCCCCC1=O)NCCc1ccccn1. The molecule has 2 heterocycles. The van der Waals surface area contributed by atoms with Crippen LogP contribution in [0, 0.1) is 0 Å². The van der Waals surface area contributed by atoms with Crippen molar-refractivity contribution in [3.05, 3.63) is 30.1 Å². The maximum Gasteiger partial charge on any atom is 0.222 e. The summed E-state index contributed by atoms with van der Waals surface area (Å²) < 4.78 is 0. The van der Waals surface area contributed by atoms with Crippen LogP contribution < -0.4 is 11.1 Å². The lowest BCUT2D eigenvalue weighted by Crippen LogP contribution is -2.34. The Morgan fingerprint density at radius 2 is 2.26 bits per heavy atom. The van der Waals surface area contributed by atoms with Crippen LogP contribution in [0.3, 0.4) is 0 Å². The van der Waals surface area contributed by atoms with Gasteiger partial charge in [0.1, 0.15) is 0 Å². The van der Waals surface area contributed by atoms with Gasteiger partial charge in [0.15, 0.2) is 5.96 Å². The van der Waals surface area contributed by atoms with Gasteiger partial charge in [-0.1, -0.05) is 12.5 Å². The van der Waals surface area contributed by atoms with E-state index in [-0.39, 0.29) is 5.91 Å². The molecule has 1 aromatic rings. The summed E-state index contributed by atoms with van der Waals surface area (Å²) in [6, 6.07) is 5.87. The molecule has 3 N–H and O–H groups in total. The van der Waals surface area contributed by atoms with Crippen LogP contribution in [0.15, 0.2) is 29.4 Å². The van der Waals surface area contributed by atoms with Gasteiger partial charge in [0.25, 0.3) is 0 Å². The minimum Gasteiger partial charge on any atom is -0.370 e. The molecule has 1 fully saturated rings. The van der Waals surface area contributed by atoms with Gasteiger partial charge < -0.3 is 16.0 Å². The van der Waals surface area contributed by atoms with Gasteiger partial charge in [0.2, 0.25) is 5.91 Å². The molecule has 1 aliphatic heterocycles. The number of hydrogen-bond donors (Lipinski definition) is 2. The van der Waals surface area contributed by atoms with Crippen LogP contribution in [0.25, 0.3) is 0 Å². The molecule has 1 amide bonds. The van der Waals surface area contributed by atoms with Gasteiger partial charge in [-0.25, -0.2) is 0 Å². The van der Waals surface area contributed by atoms with Crippen LogP contribution in [0.2, 0.25) is 0 Å². The first kappa shape index (κ1) is 17.2. The molecule has 0 bridgehead atoms. The summed E-state index contributed by atoms with van der Waals surface area (Å²) in [6.07, 6.45) is 7.46. The molecule has 0 unspecified atom stereocenters. The van der Waals surface area contributed by atoms with Crippen molar-refractivity contribution in [1.82, 2.24) is 15.2 Å². The van der Waals surface area contributed by atoms with Crippen LogP contribution in [0.4, 0.5) is 0 Å². The van der Waals surface area contributed by atoms with Gasteiger partial charge in [-0.05, 0) is 31.4 Å². The summed E-state index contributed by atoms with van der Waals surface area (Å²) >= 11 is 0. The number of aromatic nitrogens is 1. The number of likely N-dealkylation sites (tertiary alicyclic amines) is 1. The molecule has 23 heavy (non-hydrogen) atoms. The number of nitrogens with two attached hydrogens (primary N) is 1. The second-order valence-electron chi connectivity index (χ2n) is 5.81. The van der Waals surface area contributed by atoms with Crippen molar-refractivity contribution >= 4 is 11.9 Å². The van der Waals surface area contributed by atoms with Crippen LogP contribution >= 0.6 is 0 Å². The maximum absolute atomic E-state index is 11.9. The highest BCUT2D eigenvalue weighted by atomic mass is 16.2. The van der Waals surface area contributed by atoms with Gasteiger partial charge in [-0.15, -0.1) is 0 Å². The largest absolute Gasteiger partial charge is 0.370 e. The van der Waals surface area contributed by atoms with Crippen LogP contribution in [0.1, 0.15) is 37.8 Å². The van der Waals surface area contributed by atoms with Crippen molar-refractivity contribution in [2.75, 3.05) is 26.2 Å². The van der Waals surface area contributed by atoms with Crippen molar-refractivity contribution in [1.29, 1.82) is 0 Å². The first-order valence-corrected chi connectivity index (χ1v) is 8.47. The molecule has 2 rings (SSSR count). The lowest BCUT2D eigenvalue weighted by atomic mass is 10.2. The monoisotopic (exact) mass is 317 g/mol. The average Bonchev–Trinajstić information content (AvgIpc) is 2.77. The van der Waals surface area contributed by atoms with Gasteiger partial charge >= 0.3 is 0 Å². The van der Waals surface area contributed by atoms with Crippen molar-refractivity contribution in [2.45, 2.75) is 38.5 Å². The van der Waals surface area contributed by atoms with E-state index in [1.54, 1.807) is 6.20 Å². The predicted octanol–water partition coefficient (Wildman–Crippen LogP) is 1.32. The molecule has 126 valence electrons. The number of carbonyl (C=O) groups excluding carboxylic acids is 1. The Kier molecular flexibility index (Phi) is 7.36. The van der Waals surface area contributed by atoms with Gasteiger partial charge in [-0.2, -0.15) is 0 Å². The quantitative estimate of drug-likeness (QED) is 0.451. The zero-order valence-corrected chi connectivity index (χ0v) is 13.7. The minimum absolute atomic E-state index is 0.285. The minimum atomic E-state index is 0.285. The molecule has 1 aromatic heterocycles. The fourth-order valence-corrected chi connectivity index (χ4v) is 2.66. The third kappa shape index (κ3) is 6.67. The normalized spacial score (nSPS) is 16.3. The number of nitrogens with zero attached hydrogens (tertiary/aromatic N) is 3. The predicted molar refractivity (Wildman–Crippen MR) is 92.1 cm³/mol. The van der Waals surface area contributed by atoms with Crippen molar-refractivity contribution < 1.29 is 4.79 Å². The molecule has 6 nitrogen and oxygen atoms in total. The summed E-state index contributed by atoms with van der Waals surface area (Å²) in [5, 5.41) is 3.10. The summed E-state index contributed by atoms with van der Waals surface area (Å²) in [7, 11) is 0. The lowest BCUT2D eigenvalue weighted by Gasteiger charge is -2.19. The van der Waals surface area contributed by atoms with E-state index in [1.165, 1.54) is 0 Å². The molecule has 1 aliphatic rings. The van der Waals surface area contributed by atoms with E-state index in [2.05, 4.69) is 15.3 Å². The average molecular weight is 317 g/mol. The third-order valence-corrected chi connectivity index (χ3v) is 3.95. The molecule has 0 radical (unpaired) electrons. The van der Waals surface area contributed by atoms with Crippen LogP contribution in [-0.4, -0.2) is 47.9 Å². The number of amides is 1. The molecule has 0 spiro atoms. The highest BCUT2D eigenvalue weighted by molar-refractivity contribution is 5.77. The molecule has 0 aromatic carbocycles. The van der Waals surface area contributed by atoms with E-state index < -0.39 is 0 Å². The highest BCUT2D eigenvalue weighted by Gasteiger charge is 2.15. The molecule has 0 aliphatic carbocycles. The standard InChI is InChI=1S/C17H27N5O/c18-17(21-12-9-15-7-3-4-10-19-15)20-11-6-14-22-13-5-1-2-8-16(22)23/h3-4,7,10H,1-2,5-6,8-9,11-14H2,(H3,18,20,21). The molecular weight excluding hydrogens is 290 g/mol. The molecule has 1 saturated heterocycles. The van der Waals surface area contributed by atoms with Crippen molar-refractivity contribution in [3.63, 3.8) is 0 Å². The van der Waals surface area contributed by atoms with Crippen molar-refractivity contribution in [3.8, 4) is 0 Å². The molecule has 0 atom stereocenters. The van der Waals surface area contributed by atoms with E-state index in [4.69, 9.17) is 5.73 Å². The van der Waals surface area contributed by atoms with Gasteiger partial charge in [0.05, 0.1) is 0 Å². The zero-order valence-electron chi connectivity index (χ0n) is 13.7. The van der Waals surface area contributed by atoms with E-state index in [1.807, 2.05) is 23.1 Å². The Labute approximate surface area is 138 Å². The van der Waals surface area contributed by atoms with Crippen LogP contribution in [-0.2, 0) is 11.2 Å². The van der Waals surface area contributed by atoms with Crippen LogP contribution in [0.5, 0.6) is 0 Å². The summed E-state index contributed by atoms with van der Waals surface area (Å²) in [5.74, 6) is 0.746. The summed E-state index contributed by atoms with van der Waals surface area (Å²) in [6.45, 7) is 3.03. The summed E-state index contributed by atoms with van der Waals surface area (Å²) in [4.78, 5) is 22.4. The molecular formula is C17H27N5O. The number of guanidine groups is 1. The number of pyridine rings is 1. The number of hydrogen-bond acceptors (Lipinski definition) is 3. The second-order valence-corrected chi connectivity index (χ2v) is 5.81. The number of rotatable bonds is 7. The third-order valence-electron chi connectivity index (χ3n) is 3.95. The van der Waals surface area contributed by atoms with E-state index in [0.717, 1.165) is 57.4 Å². The van der Waals surface area contributed by atoms with Gasteiger partial charge in [-0.3, -0.25) is 14.8 Å². The molecule has 0 saturated carbocycles. The Morgan fingerprint density at radius 1 is 1.35 bits per heavy atom. The van der Waals surface area contributed by atoms with Gasteiger partial charge in [0, 0.05) is 50.9 Å². The lowest BCUT2D eigenvalue weighted by molar-refractivity contribution is -0.130. The maximum atomic E-state index is 11.9. The Bertz CT molecular complexity index is 503. The highest BCUT2D eigenvalue weighted by Crippen LogP contribution is 2.11. The zero-order chi connectivity index (χ0) is 16.3. The smallest absolute Gasteiger partial charge is 0.222 e. The number of aliphatic imine (C=N–C) groups is 1. The Morgan fingerprint density at radius 3 is 3.09 bits per heavy atom. The Hall–Kier alpha value is -2.11. The Balaban J connectivity index is 1.60. The van der Waals surface area contributed by atoms with Crippen molar-refractivity contribution in [2.24, 2.45) is 10.7 Å². The van der Waals surface area contributed by atoms with E-state index in [9.17, 15) is 4.79 Å². The number of nitrogens with one attached hydrogen (secondary N) is 1. The van der Waals surface area contributed by atoms with E-state index in [0.29, 0.717) is 18.9 Å². The second kappa shape index (κ2) is 9.82. The molecule has 6 heteroatoms. The first-order chi connectivity index (χ1) is 11.3. The summed E-state index contributed by atoms with van der Waals surface area (Å²) in [5.41, 5.74) is 6.88. The first-order valence-electron chi connectivity index (χ1n) is 8.47. The van der Waals surface area contributed by atoms with E-state index >= 15 is 0 Å².